The Bertz CT molecular complexity index is 680. The Kier molecular flexibility index (Phi) is 5.13. The van der Waals surface area contributed by atoms with Crippen LogP contribution in [0.5, 0.6) is 0 Å². The molecule has 5 heteroatoms. The first-order valence-electron chi connectivity index (χ1n) is 6.65. The Labute approximate surface area is 123 Å². The molecular weight excluding hydrogens is 266 g/mol. The van der Waals surface area contributed by atoms with E-state index in [-0.39, 0.29) is 12.5 Å². The minimum Gasteiger partial charge on any atom is -0.395 e. The second-order valence-electron chi connectivity index (χ2n) is 4.46. The van der Waals surface area contributed by atoms with Crippen LogP contribution in [0.1, 0.15) is 28.2 Å². The largest absolute Gasteiger partial charge is 0.395 e. The maximum Gasteiger partial charge on any atom is 0.252 e. The quantitative estimate of drug-likeness (QED) is 0.825. The molecule has 108 valence electrons. The van der Waals surface area contributed by atoms with Crippen LogP contribution in [0.3, 0.4) is 0 Å². The molecule has 0 aliphatic rings. The summed E-state index contributed by atoms with van der Waals surface area (Å²) in [5.74, 6) is 6.33. The highest BCUT2D eigenvalue weighted by Crippen LogP contribution is 2.07. The third-order valence-corrected chi connectivity index (χ3v) is 2.96. The highest BCUT2D eigenvalue weighted by molar-refractivity contribution is 5.96. The van der Waals surface area contributed by atoms with Gasteiger partial charge < -0.3 is 15.0 Å². The first-order valence-corrected chi connectivity index (χ1v) is 6.65. The van der Waals surface area contributed by atoms with Gasteiger partial charge in [0.25, 0.3) is 5.91 Å². The van der Waals surface area contributed by atoms with Gasteiger partial charge in [0, 0.05) is 31.4 Å². The van der Waals surface area contributed by atoms with Gasteiger partial charge in [-0.3, -0.25) is 4.79 Å². The highest BCUT2D eigenvalue weighted by Gasteiger charge is 2.10. The standard InChI is InChI=1S/C16H17N3O2/c1-19-10-9-17-15(19)12-18-16(21)14-8-3-2-6-13(14)7-4-5-11-20/h2-3,6,8-10,20H,5,11-12H2,1H3,(H,18,21). The van der Waals surface area contributed by atoms with E-state index >= 15 is 0 Å². The number of amides is 1. The molecule has 0 spiro atoms. The van der Waals surface area contributed by atoms with Crippen molar-refractivity contribution >= 4 is 5.91 Å². The number of carbonyl (C=O) groups is 1. The molecule has 2 rings (SSSR count). The van der Waals surface area contributed by atoms with Gasteiger partial charge >= 0.3 is 0 Å². The van der Waals surface area contributed by atoms with Crippen LogP contribution in [0.15, 0.2) is 36.7 Å². The van der Waals surface area contributed by atoms with Crippen LogP contribution in [0.4, 0.5) is 0 Å². The van der Waals surface area contributed by atoms with Crippen LogP contribution < -0.4 is 5.32 Å². The second-order valence-corrected chi connectivity index (χ2v) is 4.46. The molecule has 0 fully saturated rings. The summed E-state index contributed by atoms with van der Waals surface area (Å²) in [5, 5.41) is 11.6. The van der Waals surface area contributed by atoms with Gasteiger partial charge in [0.05, 0.1) is 18.7 Å². The number of hydrogen-bond donors (Lipinski definition) is 2. The fourth-order valence-electron chi connectivity index (χ4n) is 1.83. The molecule has 0 bridgehead atoms. The summed E-state index contributed by atoms with van der Waals surface area (Å²) in [5.41, 5.74) is 1.18. The van der Waals surface area contributed by atoms with E-state index in [1.165, 1.54) is 0 Å². The first kappa shape index (κ1) is 14.8. The molecule has 0 radical (unpaired) electrons. The number of aliphatic hydroxyl groups is 1. The summed E-state index contributed by atoms with van der Waals surface area (Å²) < 4.78 is 1.85. The molecule has 2 N–H and O–H groups in total. The van der Waals surface area contributed by atoms with E-state index in [9.17, 15) is 4.79 Å². The number of hydrogen-bond acceptors (Lipinski definition) is 3. The van der Waals surface area contributed by atoms with Crippen molar-refractivity contribution in [2.75, 3.05) is 6.61 Å². The van der Waals surface area contributed by atoms with Crippen molar-refractivity contribution in [2.24, 2.45) is 7.05 Å². The molecule has 0 atom stereocenters. The smallest absolute Gasteiger partial charge is 0.252 e. The summed E-state index contributed by atoms with van der Waals surface area (Å²) in [7, 11) is 1.88. The van der Waals surface area contributed by atoms with Crippen LogP contribution in [0.2, 0.25) is 0 Å². The zero-order valence-corrected chi connectivity index (χ0v) is 11.8. The molecule has 0 saturated heterocycles. The van der Waals surface area contributed by atoms with E-state index in [4.69, 9.17) is 5.11 Å². The number of nitrogens with zero attached hydrogens (tertiary/aromatic N) is 2. The molecule has 5 nitrogen and oxygen atoms in total. The molecule has 1 amide bonds. The molecule has 1 aromatic heterocycles. The van der Waals surface area contributed by atoms with Crippen LogP contribution in [0, 0.1) is 11.8 Å². The Balaban J connectivity index is 2.09. The Hall–Kier alpha value is -2.58. The molecule has 21 heavy (non-hydrogen) atoms. The minimum atomic E-state index is -0.188. The summed E-state index contributed by atoms with van der Waals surface area (Å²) in [6.07, 6.45) is 3.91. The number of aryl methyl sites for hydroxylation is 1. The lowest BCUT2D eigenvalue weighted by atomic mass is 10.1. The van der Waals surface area contributed by atoms with Crippen molar-refractivity contribution in [2.45, 2.75) is 13.0 Å². The predicted molar refractivity (Wildman–Crippen MR) is 79.4 cm³/mol. The second kappa shape index (κ2) is 7.27. The van der Waals surface area contributed by atoms with Crippen molar-refractivity contribution in [1.82, 2.24) is 14.9 Å². The Morgan fingerprint density at radius 1 is 1.43 bits per heavy atom. The molecule has 0 aliphatic carbocycles. The average Bonchev–Trinajstić information content (AvgIpc) is 2.91. The van der Waals surface area contributed by atoms with Crippen LogP contribution >= 0.6 is 0 Å². The lowest BCUT2D eigenvalue weighted by Gasteiger charge is -2.07. The first-order chi connectivity index (χ1) is 10.2. The third-order valence-electron chi connectivity index (χ3n) is 2.96. The van der Waals surface area contributed by atoms with Gasteiger partial charge in [-0.25, -0.2) is 4.98 Å². The molecule has 1 heterocycles. The van der Waals surface area contributed by atoms with Crippen LogP contribution in [-0.4, -0.2) is 27.2 Å². The minimum absolute atomic E-state index is 0.0144. The van der Waals surface area contributed by atoms with E-state index in [1.807, 2.05) is 23.9 Å². The number of carbonyl (C=O) groups excluding carboxylic acids is 1. The maximum absolute atomic E-state index is 12.2. The number of nitrogens with one attached hydrogen (secondary N) is 1. The summed E-state index contributed by atoms with van der Waals surface area (Å²) >= 11 is 0. The van der Waals surface area contributed by atoms with E-state index in [0.29, 0.717) is 24.1 Å². The SMILES string of the molecule is Cn1ccnc1CNC(=O)c1ccccc1C#CCCO. The number of aromatic nitrogens is 2. The van der Waals surface area contributed by atoms with Gasteiger partial charge in [-0.05, 0) is 12.1 Å². The third kappa shape index (κ3) is 3.94. The Morgan fingerprint density at radius 2 is 2.24 bits per heavy atom. The molecule has 1 aromatic carbocycles. The topological polar surface area (TPSA) is 67.2 Å². The van der Waals surface area contributed by atoms with Gasteiger partial charge in [-0.1, -0.05) is 24.0 Å². The van der Waals surface area contributed by atoms with Crippen molar-refractivity contribution < 1.29 is 9.90 Å². The number of rotatable bonds is 4. The average molecular weight is 283 g/mol. The lowest BCUT2D eigenvalue weighted by molar-refractivity contribution is 0.0949. The molecular formula is C16H17N3O2. The summed E-state index contributed by atoms with van der Waals surface area (Å²) in [4.78, 5) is 16.4. The monoisotopic (exact) mass is 283 g/mol. The van der Waals surface area contributed by atoms with Gasteiger partial charge in [-0.15, -0.1) is 0 Å². The van der Waals surface area contributed by atoms with Gasteiger partial charge in [0.1, 0.15) is 5.82 Å². The number of imidazole rings is 1. The molecule has 2 aromatic rings. The van der Waals surface area contributed by atoms with E-state index in [0.717, 1.165) is 5.82 Å². The molecule has 0 saturated carbocycles. The van der Waals surface area contributed by atoms with Crippen molar-refractivity contribution in [3.8, 4) is 11.8 Å². The van der Waals surface area contributed by atoms with Crippen molar-refractivity contribution in [3.63, 3.8) is 0 Å². The van der Waals surface area contributed by atoms with Crippen molar-refractivity contribution in [1.29, 1.82) is 0 Å². The fourth-order valence-corrected chi connectivity index (χ4v) is 1.83. The summed E-state index contributed by atoms with van der Waals surface area (Å²) in [6, 6.07) is 7.15. The van der Waals surface area contributed by atoms with Gasteiger partial charge in [0.2, 0.25) is 0 Å². The van der Waals surface area contributed by atoms with E-state index in [2.05, 4.69) is 22.1 Å². The Morgan fingerprint density at radius 3 is 2.95 bits per heavy atom. The fraction of sp³-hybridized carbons (Fsp3) is 0.250. The maximum atomic E-state index is 12.2. The molecule has 0 unspecified atom stereocenters. The van der Waals surface area contributed by atoms with E-state index in [1.54, 1.807) is 24.4 Å². The van der Waals surface area contributed by atoms with Crippen molar-refractivity contribution in [3.05, 3.63) is 53.6 Å². The molecule has 0 aliphatic heterocycles. The van der Waals surface area contributed by atoms with Gasteiger partial charge in [-0.2, -0.15) is 0 Å². The zero-order chi connectivity index (χ0) is 15.1. The zero-order valence-electron chi connectivity index (χ0n) is 11.8. The highest BCUT2D eigenvalue weighted by atomic mass is 16.2. The van der Waals surface area contributed by atoms with Gasteiger partial charge in [0.15, 0.2) is 0 Å². The summed E-state index contributed by atoms with van der Waals surface area (Å²) in [6.45, 7) is 0.376. The normalized spacial score (nSPS) is 9.81. The van der Waals surface area contributed by atoms with Crippen LogP contribution in [0.25, 0.3) is 0 Å². The lowest BCUT2D eigenvalue weighted by Crippen LogP contribution is -2.25. The van der Waals surface area contributed by atoms with E-state index < -0.39 is 0 Å². The van der Waals surface area contributed by atoms with Crippen LogP contribution in [-0.2, 0) is 13.6 Å². The number of benzene rings is 1. The number of aliphatic hydroxyl groups excluding tert-OH is 1. The predicted octanol–water partition coefficient (Wildman–Crippen LogP) is 1.08.